The minimum absolute atomic E-state index is 0.0177. The molecule has 18 heavy (non-hydrogen) atoms. The first-order valence-electron chi connectivity index (χ1n) is 5.51. The SMILES string of the molecule is CCNC(=O)CCNS(=O)(=O)c1cccc(O)c1. The van der Waals surface area contributed by atoms with Gasteiger partial charge in [-0.15, -0.1) is 0 Å². The summed E-state index contributed by atoms with van der Waals surface area (Å²) in [4.78, 5) is 11.1. The van der Waals surface area contributed by atoms with Crippen molar-refractivity contribution >= 4 is 15.9 Å². The van der Waals surface area contributed by atoms with Gasteiger partial charge >= 0.3 is 0 Å². The third-order valence-electron chi connectivity index (χ3n) is 2.15. The number of sulfonamides is 1. The Morgan fingerprint density at radius 3 is 2.72 bits per heavy atom. The number of aromatic hydroxyl groups is 1. The van der Waals surface area contributed by atoms with Crippen LogP contribution in [0.1, 0.15) is 13.3 Å². The minimum atomic E-state index is -3.68. The van der Waals surface area contributed by atoms with Gasteiger partial charge in [0.25, 0.3) is 0 Å². The fourth-order valence-corrected chi connectivity index (χ4v) is 2.39. The van der Waals surface area contributed by atoms with Crippen molar-refractivity contribution in [1.29, 1.82) is 0 Å². The average Bonchev–Trinajstić information content (AvgIpc) is 2.29. The van der Waals surface area contributed by atoms with Crippen LogP contribution in [0.5, 0.6) is 5.75 Å². The van der Waals surface area contributed by atoms with Crippen LogP contribution in [-0.2, 0) is 14.8 Å². The van der Waals surface area contributed by atoms with Gasteiger partial charge in [-0.05, 0) is 25.1 Å². The van der Waals surface area contributed by atoms with Crippen LogP contribution in [0.3, 0.4) is 0 Å². The molecule has 0 radical (unpaired) electrons. The van der Waals surface area contributed by atoms with E-state index in [1.54, 1.807) is 6.92 Å². The number of phenols is 1. The van der Waals surface area contributed by atoms with E-state index in [1.807, 2.05) is 0 Å². The van der Waals surface area contributed by atoms with Gasteiger partial charge in [0.05, 0.1) is 4.90 Å². The fraction of sp³-hybridized carbons (Fsp3) is 0.364. The number of nitrogens with one attached hydrogen (secondary N) is 2. The zero-order valence-electron chi connectivity index (χ0n) is 10.0. The maximum Gasteiger partial charge on any atom is 0.240 e. The Labute approximate surface area is 106 Å². The van der Waals surface area contributed by atoms with E-state index in [4.69, 9.17) is 0 Å². The van der Waals surface area contributed by atoms with E-state index >= 15 is 0 Å². The summed E-state index contributed by atoms with van der Waals surface area (Å²) in [5.41, 5.74) is 0. The lowest BCUT2D eigenvalue weighted by Gasteiger charge is -2.07. The molecule has 6 nitrogen and oxygen atoms in total. The topological polar surface area (TPSA) is 95.5 Å². The minimum Gasteiger partial charge on any atom is -0.508 e. The van der Waals surface area contributed by atoms with Crippen LogP contribution in [0.25, 0.3) is 0 Å². The molecule has 0 bridgehead atoms. The molecule has 0 heterocycles. The van der Waals surface area contributed by atoms with E-state index in [2.05, 4.69) is 10.0 Å². The quantitative estimate of drug-likeness (QED) is 0.689. The van der Waals surface area contributed by atoms with E-state index in [1.165, 1.54) is 18.2 Å². The number of amides is 1. The van der Waals surface area contributed by atoms with E-state index < -0.39 is 10.0 Å². The van der Waals surface area contributed by atoms with Crippen LogP contribution in [0.15, 0.2) is 29.2 Å². The molecule has 0 aliphatic rings. The highest BCUT2D eigenvalue weighted by molar-refractivity contribution is 7.89. The molecule has 7 heteroatoms. The van der Waals surface area contributed by atoms with Crippen molar-refractivity contribution in [2.45, 2.75) is 18.2 Å². The molecule has 1 aromatic rings. The van der Waals surface area contributed by atoms with Crippen LogP contribution in [0, 0.1) is 0 Å². The van der Waals surface area contributed by atoms with Crippen molar-refractivity contribution in [1.82, 2.24) is 10.0 Å². The molecule has 1 aromatic carbocycles. The predicted molar refractivity (Wildman–Crippen MR) is 66.6 cm³/mol. The summed E-state index contributed by atoms with van der Waals surface area (Å²) in [5, 5.41) is 11.8. The molecular formula is C11H16N2O4S. The Morgan fingerprint density at radius 2 is 2.11 bits per heavy atom. The summed E-state index contributed by atoms with van der Waals surface area (Å²) in [6.07, 6.45) is 0.0753. The van der Waals surface area contributed by atoms with Gasteiger partial charge in [0.1, 0.15) is 5.75 Å². The molecule has 1 rings (SSSR count). The third kappa shape index (κ3) is 4.34. The Balaban J connectivity index is 2.58. The molecular weight excluding hydrogens is 256 g/mol. The molecule has 0 unspecified atom stereocenters. The van der Waals surface area contributed by atoms with Crippen LogP contribution < -0.4 is 10.0 Å². The first-order valence-corrected chi connectivity index (χ1v) is 6.99. The lowest BCUT2D eigenvalue weighted by Crippen LogP contribution is -2.30. The maximum atomic E-state index is 11.8. The number of hydrogen-bond donors (Lipinski definition) is 3. The third-order valence-corrected chi connectivity index (χ3v) is 3.60. The van der Waals surface area contributed by atoms with E-state index in [9.17, 15) is 18.3 Å². The summed E-state index contributed by atoms with van der Waals surface area (Å²) in [6.45, 7) is 2.32. The predicted octanol–water partition coefficient (Wildman–Crippen LogP) is 0.197. The summed E-state index contributed by atoms with van der Waals surface area (Å²) in [6, 6.07) is 5.34. The Hall–Kier alpha value is -1.60. The van der Waals surface area contributed by atoms with Gasteiger partial charge in [0.2, 0.25) is 15.9 Å². The van der Waals surface area contributed by atoms with Gasteiger partial charge in [0, 0.05) is 19.5 Å². The maximum absolute atomic E-state index is 11.8. The number of phenolic OH excluding ortho intramolecular Hbond substituents is 1. The summed E-state index contributed by atoms with van der Waals surface area (Å²) < 4.78 is 25.8. The standard InChI is InChI=1S/C11H16N2O4S/c1-2-12-11(15)6-7-13-18(16,17)10-5-3-4-9(14)8-10/h3-5,8,13-14H,2,6-7H2,1H3,(H,12,15). The normalized spacial score (nSPS) is 11.2. The van der Waals surface area contributed by atoms with E-state index in [0.29, 0.717) is 6.54 Å². The molecule has 0 fully saturated rings. The van der Waals surface area contributed by atoms with Crippen molar-refractivity contribution in [2.75, 3.05) is 13.1 Å². The van der Waals surface area contributed by atoms with E-state index in [0.717, 1.165) is 6.07 Å². The number of carbonyl (C=O) groups excluding carboxylic acids is 1. The molecule has 3 N–H and O–H groups in total. The molecule has 0 aromatic heterocycles. The van der Waals surface area contributed by atoms with Gasteiger partial charge in [-0.3, -0.25) is 4.79 Å². The molecule has 0 saturated carbocycles. The molecule has 0 aliphatic heterocycles. The second-order valence-corrected chi connectivity index (χ2v) is 5.37. The lowest BCUT2D eigenvalue weighted by molar-refractivity contribution is -0.120. The summed E-state index contributed by atoms with van der Waals surface area (Å²) in [7, 11) is -3.68. The molecule has 100 valence electrons. The number of carbonyl (C=O) groups is 1. The molecule has 0 atom stereocenters. The second-order valence-electron chi connectivity index (χ2n) is 3.60. The molecule has 0 aliphatic carbocycles. The average molecular weight is 272 g/mol. The first kappa shape index (κ1) is 14.5. The smallest absolute Gasteiger partial charge is 0.240 e. The van der Waals surface area contributed by atoms with Crippen LogP contribution in [-0.4, -0.2) is 32.5 Å². The number of rotatable bonds is 6. The summed E-state index contributed by atoms with van der Waals surface area (Å²) >= 11 is 0. The highest BCUT2D eigenvalue weighted by Gasteiger charge is 2.14. The van der Waals surface area contributed by atoms with Crippen LogP contribution in [0.4, 0.5) is 0 Å². The van der Waals surface area contributed by atoms with Gasteiger partial charge in [-0.25, -0.2) is 13.1 Å². The Morgan fingerprint density at radius 1 is 1.39 bits per heavy atom. The van der Waals surface area contributed by atoms with Gasteiger partial charge in [-0.1, -0.05) is 6.07 Å². The zero-order valence-corrected chi connectivity index (χ0v) is 10.8. The largest absolute Gasteiger partial charge is 0.508 e. The van der Waals surface area contributed by atoms with Crippen molar-refractivity contribution in [2.24, 2.45) is 0 Å². The van der Waals surface area contributed by atoms with Gasteiger partial charge in [0.15, 0.2) is 0 Å². The van der Waals surface area contributed by atoms with Crippen molar-refractivity contribution in [3.8, 4) is 5.75 Å². The first-order chi connectivity index (χ1) is 8.45. The van der Waals surface area contributed by atoms with Crippen LogP contribution in [0.2, 0.25) is 0 Å². The fourth-order valence-electron chi connectivity index (χ4n) is 1.32. The van der Waals surface area contributed by atoms with E-state index in [-0.39, 0.29) is 29.5 Å². The molecule has 0 spiro atoms. The highest BCUT2D eigenvalue weighted by atomic mass is 32.2. The van der Waals surface area contributed by atoms with Gasteiger partial charge < -0.3 is 10.4 Å². The monoisotopic (exact) mass is 272 g/mol. The Bertz CT molecular complexity index is 514. The van der Waals surface area contributed by atoms with Crippen molar-refractivity contribution < 1.29 is 18.3 Å². The van der Waals surface area contributed by atoms with Crippen LogP contribution >= 0.6 is 0 Å². The van der Waals surface area contributed by atoms with Crippen molar-refractivity contribution in [3.63, 3.8) is 0 Å². The highest BCUT2D eigenvalue weighted by Crippen LogP contribution is 2.15. The van der Waals surface area contributed by atoms with Crippen molar-refractivity contribution in [3.05, 3.63) is 24.3 Å². The molecule has 1 amide bonds. The summed E-state index contributed by atoms with van der Waals surface area (Å²) in [5.74, 6) is -0.335. The zero-order chi connectivity index (χ0) is 13.6. The van der Waals surface area contributed by atoms with Gasteiger partial charge in [-0.2, -0.15) is 0 Å². The number of benzene rings is 1. The second kappa shape index (κ2) is 6.36. The Kier molecular flexibility index (Phi) is 5.11. The molecule has 0 saturated heterocycles. The number of hydrogen-bond acceptors (Lipinski definition) is 4. The lowest BCUT2D eigenvalue weighted by atomic mass is 10.3.